The smallest absolute Gasteiger partial charge is 0.320 e. The van der Waals surface area contributed by atoms with Crippen LogP contribution in [0.1, 0.15) is 41.5 Å². The molecule has 0 aromatic carbocycles. The van der Waals surface area contributed by atoms with Crippen LogP contribution in [-0.4, -0.2) is 28.1 Å². The lowest BCUT2D eigenvalue weighted by atomic mass is 10.0. The molecule has 0 spiro atoms. The summed E-state index contributed by atoms with van der Waals surface area (Å²) in [6.45, 7) is 3.81. The number of anilines is 2. The zero-order valence-corrected chi connectivity index (χ0v) is 16.9. The molecule has 0 bridgehead atoms. The van der Waals surface area contributed by atoms with Gasteiger partial charge in [-0.25, -0.2) is 15.2 Å². The molecule has 9 heteroatoms. The Morgan fingerprint density at radius 3 is 2.80 bits per heavy atom. The molecule has 3 aromatic rings. The third-order valence-corrected chi connectivity index (χ3v) is 4.87. The fraction of sp³-hybridized carbons (Fsp3) is 0.238. The largest absolute Gasteiger partial charge is 0.497 e. The molecule has 0 fully saturated rings. The van der Waals surface area contributed by atoms with Gasteiger partial charge in [-0.2, -0.15) is 0 Å². The van der Waals surface area contributed by atoms with Crippen LogP contribution in [0.25, 0.3) is 0 Å². The van der Waals surface area contributed by atoms with Crippen LogP contribution in [-0.2, 0) is 0 Å². The number of fused-ring (bicyclic) bond motifs is 1. The molecule has 154 valence electrons. The van der Waals surface area contributed by atoms with Crippen molar-refractivity contribution < 1.29 is 9.53 Å². The number of nitrogens with one attached hydrogen (secondary N) is 4. The molecule has 3 aromatic heterocycles. The first kappa shape index (κ1) is 19.6. The predicted octanol–water partition coefficient (Wildman–Crippen LogP) is 3.09. The highest BCUT2D eigenvalue weighted by atomic mass is 16.5. The van der Waals surface area contributed by atoms with Crippen LogP contribution >= 0.6 is 0 Å². The van der Waals surface area contributed by atoms with E-state index >= 15 is 0 Å². The Hall–Kier alpha value is -3.72. The maximum Gasteiger partial charge on any atom is 0.320 e. The highest BCUT2D eigenvalue weighted by molar-refractivity contribution is 5.89. The SMILES string of the molecule is COc1ccnc([C@H](C)NC(=O)Nc2cc3c(cn2)C(c2ccnc(C)c2)NN3)c1. The summed E-state index contributed by atoms with van der Waals surface area (Å²) in [5.74, 6) is 1.13. The Bertz CT molecular complexity index is 1070. The van der Waals surface area contributed by atoms with Crippen LogP contribution in [0.15, 0.2) is 48.9 Å². The van der Waals surface area contributed by atoms with Gasteiger partial charge in [-0.15, -0.1) is 0 Å². The van der Waals surface area contributed by atoms with Crippen molar-refractivity contribution in [2.45, 2.75) is 25.9 Å². The van der Waals surface area contributed by atoms with Gasteiger partial charge in [0.2, 0.25) is 0 Å². The van der Waals surface area contributed by atoms with E-state index in [0.29, 0.717) is 17.3 Å². The number of carbonyl (C=O) groups excluding carboxylic acids is 1. The summed E-state index contributed by atoms with van der Waals surface area (Å²) in [7, 11) is 1.59. The van der Waals surface area contributed by atoms with Crippen molar-refractivity contribution >= 4 is 17.5 Å². The van der Waals surface area contributed by atoms with Gasteiger partial charge in [0.1, 0.15) is 11.6 Å². The number of nitrogens with zero attached hydrogens (tertiary/aromatic N) is 3. The number of hydrogen-bond donors (Lipinski definition) is 4. The van der Waals surface area contributed by atoms with Gasteiger partial charge in [0.05, 0.1) is 30.6 Å². The fourth-order valence-electron chi connectivity index (χ4n) is 3.32. The first-order valence-corrected chi connectivity index (χ1v) is 9.55. The molecule has 4 N–H and O–H groups in total. The second-order valence-electron chi connectivity index (χ2n) is 7.03. The molecule has 1 unspecified atom stereocenters. The van der Waals surface area contributed by atoms with Gasteiger partial charge < -0.3 is 15.5 Å². The van der Waals surface area contributed by atoms with Gasteiger partial charge in [0.15, 0.2) is 0 Å². The van der Waals surface area contributed by atoms with E-state index in [1.54, 1.807) is 43.9 Å². The Morgan fingerprint density at radius 2 is 2.00 bits per heavy atom. The van der Waals surface area contributed by atoms with Crippen molar-refractivity contribution in [3.63, 3.8) is 0 Å². The van der Waals surface area contributed by atoms with Crippen LogP contribution in [0.4, 0.5) is 16.3 Å². The number of ether oxygens (including phenoxy) is 1. The van der Waals surface area contributed by atoms with Crippen LogP contribution in [0.5, 0.6) is 5.75 Å². The number of aromatic nitrogens is 3. The number of hydrogen-bond acceptors (Lipinski definition) is 7. The minimum atomic E-state index is -0.369. The third-order valence-electron chi connectivity index (χ3n) is 4.87. The Kier molecular flexibility index (Phi) is 5.44. The van der Waals surface area contributed by atoms with Gasteiger partial charge in [-0.1, -0.05) is 0 Å². The first-order valence-electron chi connectivity index (χ1n) is 9.55. The highest BCUT2D eigenvalue weighted by Gasteiger charge is 2.24. The van der Waals surface area contributed by atoms with E-state index in [9.17, 15) is 4.79 Å². The topological polar surface area (TPSA) is 113 Å². The molecule has 0 radical (unpaired) electrons. The van der Waals surface area contributed by atoms with Crippen LogP contribution in [0.3, 0.4) is 0 Å². The molecule has 4 heterocycles. The van der Waals surface area contributed by atoms with Crippen molar-refractivity contribution in [1.82, 2.24) is 25.7 Å². The highest BCUT2D eigenvalue weighted by Crippen LogP contribution is 2.33. The first-order chi connectivity index (χ1) is 14.5. The number of amides is 2. The van der Waals surface area contributed by atoms with E-state index in [0.717, 1.165) is 22.5 Å². The van der Waals surface area contributed by atoms with E-state index in [4.69, 9.17) is 4.74 Å². The predicted molar refractivity (Wildman–Crippen MR) is 113 cm³/mol. The molecular weight excluding hydrogens is 382 g/mol. The number of hydrazine groups is 1. The quantitative estimate of drug-likeness (QED) is 0.516. The number of carbonyl (C=O) groups is 1. The number of rotatable bonds is 5. The summed E-state index contributed by atoms with van der Waals surface area (Å²) < 4.78 is 5.20. The molecule has 0 saturated carbocycles. The third kappa shape index (κ3) is 4.15. The normalized spacial score (nSPS) is 15.6. The zero-order valence-electron chi connectivity index (χ0n) is 16.9. The number of aryl methyl sites for hydroxylation is 1. The second-order valence-corrected chi connectivity index (χ2v) is 7.03. The lowest BCUT2D eigenvalue weighted by Gasteiger charge is -2.15. The van der Waals surface area contributed by atoms with Crippen molar-refractivity contribution in [1.29, 1.82) is 0 Å². The Morgan fingerprint density at radius 1 is 1.17 bits per heavy atom. The van der Waals surface area contributed by atoms with Gasteiger partial charge in [0.25, 0.3) is 0 Å². The van der Waals surface area contributed by atoms with Crippen LogP contribution in [0, 0.1) is 6.92 Å². The summed E-state index contributed by atoms with van der Waals surface area (Å²) in [6, 6.07) is 8.64. The molecule has 30 heavy (non-hydrogen) atoms. The summed E-state index contributed by atoms with van der Waals surface area (Å²) in [5.41, 5.74) is 11.0. The Labute approximate surface area is 174 Å². The molecule has 0 saturated heterocycles. The maximum atomic E-state index is 12.4. The van der Waals surface area contributed by atoms with E-state index < -0.39 is 0 Å². The molecule has 1 aliphatic heterocycles. The standard InChI is InChI=1S/C21H23N7O2/c1-12-8-14(4-6-22-12)20-16-11-24-19(10-18(16)27-28-20)26-21(29)25-13(2)17-9-15(30-3)5-7-23-17/h4-11,13,20,27-28H,1-3H3,(H2,24,25,26,29)/t13-,20?/m0/s1. The lowest BCUT2D eigenvalue weighted by molar-refractivity contribution is 0.249. The monoisotopic (exact) mass is 405 g/mol. The summed E-state index contributed by atoms with van der Waals surface area (Å²) in [6.07, 6.45) is 5.19. The summed E-state index contributed by atoms with van der Waals surface area (Å²) >= 11 is 0. The van der Waals surface area contributed by atoms with Gasteiger partial charge in [0, 0.05) is 42.0 Å². The van der Waals surface area contributed by atoms with E-state index in [1.807, 2.05) is 26.0 Å². The van der Waals surface area contributed by atoms with Crippen molar-refractivity contribution in [2.75, 3.05) is 17.9 Å². The van der Waals surface area contributed by atoms with Gasteiger partial charge in [-0.05, 0) is 37.6 Å². The number of urea groups is 1. The summed E-state index contributed by atoms with van der Waals surface area (Å²) in [5, 5.41) is 5.62. The van der Waals surface area contributed by atoms with Gasteiger partial charge >= 0.3 is 6.03 Å². The molecule has 1 aliphatic rings. The van der Waals surface area contributed by atoms with Crippen molar-refractivity contribution in [3.05, 3.63) is 71.4 Å². The van der Waals surface area contributed by atoms with Crippen molar-refractivity contribution in [3.8, 4) is 5.75 Å². The Balaban J connectivity index is 1.43. The molecule has 9 nitrogen and oxygen atoms in total. The summed E-state index contributed by atoms with van der Waals surface area (Å²) in [4.78, 5) is 25.3. The minimum Gasteiger partial charge on any atom is -0.497 e. The average molecular weight is 405 g/mol. The average Bonchev–Trinajstić information content (AvgIpc) is 3.17. The van der Waals surface area contributed by atoms with E-state index in [2.05, 4.69) is 36.4 Å². The molecule has 2 atom stereocenters. The minimum absolute atomic E-state index is 0.0313. The fourth-order valence-corrected chi connectivity index (χ4v) is 3.32. The molecule has 0 aliphatic carbocycles. The second kappa shape index (κ2) is 8.34. The van der Waals surface area contributed by atoms with Crippen LogP contribution < -0.4 is 26.2 Å². The molecule has 2 amide bonds. The van der Waals surface area contributed by atoms with Crippen LogP contribution in [0.2, 0.25) is 0 Å². The lowest BCUT2D eigenvalue weighted by Crippen LogP contribution is -2.31. The van der Waals surface area contributed by atoms with E-state index in [1.165, 1.54) is 0 Å². The van der Waals surface area contributed by atoms with E-state index in [-0.39, 0.29) is 18.1 Å². The number of methoxy groups -OCH3 is 1. The zero-order chi connectivity index (χ0) is 21.1. The maximum absolute atomic E-state index is 12.4. The molecule has 4 rings (SSSR count). The number of pyridine rings is 3. The molecular formula is C21H23N7O2. The van der Waals surface area contributed by atoms with Gasteiger partial charge in [-0.3, -0.25) is 15.3 Å². The van der Waals surface area contributed by atoms with Crippen molar-refractivity contribution in [2.24, 2.45) is 0 Å².